The van der Waals surface area contributed by atoms with Crippen molar-refractivity contribution in [2.75, 3.05) is 29.7 Å². The standard InChI is InChI=1S/C23H22Cl2N4O5S2/c24-9-12-27(13-10-25)18-4-6-19(7-5-18)34-36(32,33)21(20-8-14-35-23(20)29(30)31)15-17-16-28-11-2-1-3-22(28)26-17/h1-8,11,14,16,21H,9-10,12-13,15H2. The van der Waals surface area contributed by atoms with Crippen LogP contribution < -0.4 is 9.08 Å². The van der Waals surface area contributed by atoms with Gasteiger partial charge in [-0.25, -0.2) is 4.98 Å². The molecule has 4 aromatic rings. The molecule has 3 aromatic heterocycles. The second-order valence-corrected chi connectivity index (χ2v) is 11.1. The van der Waals surface area contributed by atoms with Crippen LogP contribution in [0.5, 0.6) is 5.75 Å². The van der Waals surface area contributed by atoms with Crippen LogP contribution in [-0.4, -0.2) is 47.6 Å². The number of alkyl halides is 2. The largest absolute Gasteiger partial charge is 0.382 e. The number of hydrogen-bond acceptors (Lipinski definition) is 8. The summed E-state index contributed by atoms with van der Waals surface area (Å²) in [6.45, 7) is 1.16. The zero-order valence-electron chi connectivity index (χ0n) is 18.9. The predicted molar refractivity (Wildman–Crippen MR) is 142 cm³/mol. The average molecular weight is 569 g/mol. The first-order valence-corrected chi connectivity index (χ1v) is 14.3. The molecular formula is C23H22Cl2N4O5S2. The summed E-state index contributed by atoms with van der Waals surface area (Å²) in [6.07, 6.45) is 3.39. The molecule has 3 heterocycles. The zero-order valence-corrected chi connectivity index (χ0v) is 22.0. The van der Waals surface area contributed by atoms with Gasteiger partial charge in [0.25, 0.3) is 0 Å². The molecule has 0 aliphatic rings. The topological polar surface area (TPSA) is 107 Å². The Balaban J connectivity index is 1.65. The Morgan fingerprint density at radius 3 is 2.47 bits per heavy atom. The summed E-state index contributed by atoms with van der Waals surface area (Å²) in [7, 11) is -4.35. The van der Waals surface area contributed by atoms with Crippen LogP contribution in [0.3, 0.4) is 0 Å². The fourth-order valence-corrected chi connectivity index (χ4v) is 6.46. The molecule has 0 spiro atoms. The normalized spacial score (nSPS) is 12.5. The van der Waals surface area contributed by atoms with Gasteiger partial charge in [0.05, 0.1) is 16.2 Å². The number of nitrogens with zero attached hydrogens (tertiary/aromatic N) is 4. The molecule has 4 rings (SSSR count). The number of nitro groups is 1. The van der Waals surface area contributed by atoms with Crippen molar-refractivity contribution in [1.29, 1.82) is 0 Å². The van der Waals surface area contributed by atoms with Gasteiger partial charge in [-0.15, -0.1) is 23.2 Å². The van der Waals surface area contributed by atoms with Crippen LogP contribution >= 0.6 is 34.5 Å². The molecule has 0 saturated heterocycles. The molecule has 9 nitrogen and oxygen atoms in total. The van der Waals surface area contributed by atoms with Gasteiger partial charge in [0.15, 0.2) is 0 Å². The minimum atomic E-state index is -4.35. The molecule has 0 radical (unpaired) electrons. The zero-order chi connectivity index (χ0) is 25.7. The SMILES string of the molecule is O=[N+]([O-])c1sccc1C(Cc1cn2ccccc2n1)S(=O)(=O)Oc1ccc(N(CCCl)CCCl)cc1. The Labute approximate surface area is 222 Å². The molecular weight excluding hydrogens is 547 g/mol. The van der Waals surface area contributed by atoms with Crippen LogP contribution in [-0.2, 0) is 16.5 Å². The summed E-state index contributed by atoms with van der Waals surface area (Å²) in [5.74, 6) is 0.912. The third-order valence-electron chi connectivity index (χ3n) is 5.47. The highest BCUT2D eigenvalue weighted by molar-refractivity contribution is 7.87. The highest BCUT2D eigenvalue weighted by atomic mass is 35.5. The van der Waals surface area contributed by atoms with Crippen molar-refractivity contribution in [2.24, 2.45) is 0 Å². The number of benzene rings is 1. The van der Waals surface area contributed by atoms with Gasteiger partial charge in [-0.1, -0.05) is 17.4 Å². The van der Waals surface area contributed by atoms with E-state index < -0.39 is 20.3 Å². The number of anilines is 1. The van der Waals surface area contributed by atoms with Crippen molar-refractivity contribution in [3.8, 4) is 5.75 Å². The van der Waals surface area contributed by atoms with E-state index in [9.17, 15) is 18.5 Å². The van der Waals surface area contributed by atoms with Crippen LogP contribution in [0.15, 0.2) is 66.3 Å². The van der Waals surface area contributed by atoms with E-state index in [1.165, 1.54) is 23.6 Å². The third kappa shape index (κ3) is 5.92. The molecule has 0 aliphatic carbocycles. The second kappa shape index (κ2) is 11.5. The van der Waals surface area contributed by atoms with Gasteiger partial charge in [0.1, 0.15) is 16.6 Å². The summed E-state index contributed by atoms with van der Waals surface area (Å²) >= 11 is 12.6. The average Bonchev–Trinajstić information content (AvgIpc) is 3.49. The van der Waals surface area contributed by atoms with Crippen molar-refractivity contribution in [2.45, 2.75) is 11.7 Å². The van der Waals surface area contributed by atoms with Gasteiger partial charge in [-0.05, 0) is 47.8 Å². The van der Waals surface area contributed by atoms with Gasteiger partial charge in [-0.3, -0.25) is 10.1 Å². The molecule has 0 fully saturated rings. The summed E-state index contributed by atoms with van der Waals surface area (Å²) < 4.78 is 34.2. The molecule has 0 N–H and O–H groups in total. The molecule has 0 amide bonds. The van der Waals surface area contributed by atoms with E-state index in [2.05, 4.69) is 4.98 Å². The number of fused-ring (bicyclic) bond motifs is 1. The van der Waals surface area contributed by atoms with Crippen LogP contribution in [0.4, 0.5) is 10.7 Å². The van der Waals surface area contributed by atoms with Crippen molar-refractivity contribution in [1.82, 2.24) is 9.38 Å². The number of rotatable bonds is 12. The lowest BCUT2D eigenvalue weighted by Gasteiger charge is -2.23. The predicted octanol–water partition coefficient (Wildman–Crippen LogP) is 5.28. The molecule has 0 saturated carbocycles. The fraction of sp³-hybridized carbons (Fsp3) is 0.261. The Morgan fingerprint density at radius 2 is 1.83 bits per heavy atom. The number of imidazole rings is 1. The lowest BCUT2D eigenvalue weighted by molar-refractivity contribution is -0.380. The summed E-state index contributed by atoms with van der Waals surface area (Å²) in [5.41, 5.74) is 1.98. The highest BCUT2D eigenvalue weighted by Gasteiger charge is 2.36. The molecule has 1 unspecified atom stereocenters. The van der Waals surface area contributed by atoms with Crippen molar-refractivity contribution >= 4 is 61.0 Å². The molecule has 190 valence electrons. The van der Waals surface area contributed by atoms with E-state index in [1.807, 2.05) is 17.0 Å². The maximum atomic E-state index is 13.5. The first-order chi connectivity index (χ1) is 17.3. The Bertz CT molecular complexity index is 1400. The minimum absolute atomic E-state index is 0.0640. The monoisotopic (exact) mass is 568 g/mol. The van der Waals surface area contributed by atoms with E-state index in [4.69, 9.17) is 27.4 Å². The van der Waals surface area contributed by atoms with Crippen LogP contribution in [0.1, 0.15) is 16.5 Å². The Kier molecular flexibility index (Phi) is 8.35. The van der Waals surface area contributed by atoms with Crippen molar-refractivity contribution < 1.29 is 17.5 Å². The maximum absolute atomic E-state index is 13.5. The molecule has 13 heteroatoms. The first kappa shape index (κ1) is 26.2. The molecule has 1 aromatic carbocycles. The second-order valence-electron chi connectivity index (χ2n) is 7.76. The van der Waals surface area contributed by atoms with Crippen LogP contribution in [0.2, 0.25) is 0 Å². The van der Waals surface area contributed by atoms with Gasteiger partial charge >= 0.3 is 15.1 Å². The van der Waals surface area contributed by atoms with E-state index in [1.54, 1.807) is 35.0 Å². The Hall–Kier alpha value is -2.86. The van der Waals surface area contributed by atoms with Gasteiger partial charge in [-0.2, -0.15) is 8.42 Å². The lowest BCUT2D eigenvalue weighted by Crippen LogP contribution is -2.27. The number of pyridine rings is 1. The van der Waals surface area contributed by atoms with Crippen LogP contribution in [0.25, 0.3) is 5.65 Å². The smallest absolute Gasteiger partial charge is 0.328 e. The van der Waals surface area contributed by atoms with E-state index in [-0.39, 0.29) is 22.7 Å². The maximum Gasteiger partial charge on any atom is 0.328 e. The molecule has 1 atom stereocenters. The van der Waals surface area contributed by atoms with Gasteiger partial charge in [0.2, 0.25) is 0 Å². The number of halogens is 2. The minimum Gasteiger partial charge on any atom is -0.382 e. The molecule has 0 aliphatic heterocycles. The van der Waals surface area contributed by atoms with E-state index in [0.29, 0.717) is 36.2 Å². The molecule has 0 bridgehead atoms. The lowest BCUT2D eigenvalue weighted by atomic mass is 10.1. The van der Waals surface area contributed by atoms with E-state index in [0.717, 1.165) is 17.0 Å². The van der Waals surface area contributed by atoms with Crippen molar-refractivity contribution in [3.05, 3.63) is 87.7 Å². The number of thiophene rings is 1. The van der Waals surface area contributed by atoms with Gasteiger partial charge < -0.3 is 13.5 Å². The summed E-state index contributed by atoms with van der Waals surface area (Å²) in [6, 6.07) is 13.4. The number of aromatic nitrogens is 2. The quantitative estimate of drug-likeness (QED) is 0.0989. The van der Waals surface area contributed by atoms with Gasteiger partial charge in [0, 0.05) is 49.4 Å². The van der Waals surface area contributed by atoms with Crippen molar-refractivity contribution in [3.63, 3.8) is 0 Å². The third-order valence-corrected chi connectivity index (χ3v) is 8.23. The highest BCUT2D eigenvalue weighted by Crippen LogP contribution is 2.38. The summed E-state index contributed by atoms with van der Waals surface area (Å²) in [5, 5.41) is 11.5. The first-order valence-electron chi connectivity index (χ1n) is 10.9. The van der Waals surface area contributed by atoms with Crippen LogP contribution in [0, 0.1) is 10.1 Å². The van der Waals surface area contributed by atoms with E-state index >= 15 is 0 Å². The summed E-state index contributed by atoms with van der Waals surface area (Å²) in [4.78, 5) is 17.5. The number of hydrogen-bond donors (Lipinski definition) is 0. The molecule has 36 heavy (non-hydrogen) atoms. The Morgan fingerprint density at radius 1 is 1.11 bits per heavy atom. The fourth-order valence-electron chi connectivity index (χ4n) is 3.83.